The number of aromatic nitrogens is 1. The van der Waals surface area contributed by atoms with Gasteiger partial charge in [-0.05, 0) is 49.8 Å². The largest absolute Gasteiger partial charge is 0.350 e. The summed E-state index contributed by atoms with van der Waals surface area (Å²) in [4.78, 5) is 28.8. The maximum absolute atomic E-state index is 12.9. The molecular weight excluding hydrogens is 430 g/mol. The van der Waals surface area contributed by atoms with Gasteiger partial charge in [0.1, 0.15) is 11.7 Å². The number of rotatable bonds is 7. The van der Waals surface area contributed by atoms with Crippen LogP contribution in [-0.4, -0.2) is 43.6 Å². The number of nitriles is 1. The number of aromatic amines is 1. The van der Waals surface area contributed by atoms with Crippen molar-refractivity contribution in [2.45, 2.75) is 50.6 Å². The van der Waals surface area contributed by atoms with E-state index in [9.17, 15) is 23.3 Å². The number of sulfonamides is 1. The fourth-order valence-corrected chi connectivity index (χ4v) is 4.89. The van der Waals surface area contributed by atoms with Crippen molar-refractivity contribution in [3.63, 3.8) is 0 Å². The quantitative estimate of drug-likeness (QED) is 0.504. The minimum atomic E-state index is -3.40. The van der Waals surface area contributed by atoms with Crippen LogP contribution < -0.4 is 15.4 Å². The number of nitrogens with one attached hydrogen (secondary N) is 4. The molecule has 170 valence electrons. The van der Waals surface area contributed by atoms with Crippen molar-refractivity contribution in [2.75, 3.05) is 11.0 Å². The number of carbonyl (C=O) groups is 2. The maximum Gasteiger partial charge on any atom is 0.267 e. The lowest BCUT2D eigenvalue weighted by molar-refractivity contribution is -0.127. The average molecular weight is 458 g/mol. The number of nitrogens with zero attached hydrogens (tertiary/aromatic N) is 1. The first-order valence-electron chi connectivity index (χ1n) is 10.8. The molecule has 0 radical (unpaired) electrons. The lowest BCUT2D eigenvalue weighted by atomic mass is 9.83. The van der Waals surface area contributed by atoms with E-state index in [1.807, 2.05) is 0 Å². The van der Waals surface area contributed by atoms with Crippen LogP contribution in [0.15, 0.2) is 24.3 Å². The minimum absolute atomic E-state index is 0.165. The van der Waals surface area contributed by atoms with Crippen LogP contribution in [0.4, 0.5) is 5.69 Å². The monoisotopic (exact) mass is 457 g/mol. The van der Waals surface area contributed by atoms with Gasteiger partial charge >= 0.3 is 0 Å². The summed E-state index contributed by atoms with van der Waals surface area (Å²) in [6.45, 7) is 0. The molecule has 3 atom stereocenters. The molecule has 2 aromatic rings. The molecule has 4 rings (SSSR count). The number of hydrogen-bond acceptors (Lipinski definition) is 5. The Bertz CT molecular complexity index is 1180. The molecule has 1 aromatic heterocycles. The molecule has 2 aliphatic carbocycles. The van der Waals surface area contributed by atoms with Gasteiger partial charge in [0, 0.05) is 16.9 Å². The van der Waals surface area contributed by atoms with Crippen LogP contribution >= 0.6 is 0 Å². The first kappa shape index (κ1) is 22.1. The molecule has 0 spiro atoms. The Hall–Kier alpha value is -3.06. The standard InChI is InChI=1S/C22H27N5O4S/c1-32(30,31)27-15-9-8-14-10-19(24-18(14)11-15)22(29)25-17-5-3-2-4-16(17)21(28)26-20(12-23)13-6-7-13/h8-11,13,16-17,20,24,27H,2-7H2,1H3,(H,25,29)(H,26,28)/t16-,17+,20?/m1/s1. The predicted molar refractivity (Wildman–Crippen MR) is 120 cm³/mol. The number of amides is 2. The van der Waals surface area contributed by atoms with Crippen LogP contribution in [0.25, 0.3) is 10.9 Å². The van der Waals surface area contributed by atoms with Gasteiger partial charge in [-0.2, -0.15) is 5.26 Å². The van der Waals surface area contributed by atoms with Gasteiger partial charge in [-0.3, -0.25) is 14.3 Å². The van der Waals surface area contributed by atoms with E-state index in [1.165, 1.54) is 0 Å². The van der Waals surface area contributed by atoms with Crippen LogP contribution in [-0.2, 0) is 14.8 Å². The molecular formula is C22H27N5O4S. The summed E-state index contributed by atoms with van der Waals surface area (Å²) in [7, 11) is -3.40. The average Bonchev–Trinajstić information content (AvgIpc) is 3.49. The van der Waals surface area contributed by atoms with Crippen LogP contribution in [0.5, 0.6) is 0 Å². The van der Waals surface area contributed by atoms with E-state index in [-0.39, 0.29) is 29.7 Å². The predicted octanol–water partition coefficient (Wildman–Crippen LogP) is 2.25. The Morgan fingerprint density at radius 2 is 1.91 bits per heavy atom. The van der Waals surface area contributed by atoms with Crippen molar-refractivity contribution in [3.05, 3.63) is 30.0 Å². The summed E-state index contributed by atoms with van der Waals surface area (Å²) in [5.74, 6) is -0.601. The Morgan fingerprint density at radius 1 is 1.16 bits per heavy atom. The normalized spacial score (nSPS) is 22.0. The van der Waals surface area contributed by atoms with Crippen molar-refractivity contribution in [3.8, 4) is 6.07 Å². The molecule has 2 saturated carbocycles. The number of anilines is 1. The highest BCUT2D eigenvalue weighted by atomic mass is 32.2. The zero-order valence-corrected chi connectivity index (χ0v) is 18.7. The zero-order chi connectivity index (χ0) is 22.9. The van der Waals surface area contributed by atoms with E-state index in [0.717, 1.165) is 37.3 Å². The second kappa shape index (κ2) is 8.82. The van der Waals surface area contributed by atoms with E-state index in [1.54, 1.807) is 24.3 Å². The van der Waals surface area contributed by atoms with Crippen molar-refractivity contribution < 1.29 is 18.0 Å². The van der Waals surface area contributed by atoms with Crippen molar-refractivity contribution in [2.24, 2.45) is 11.8 Å². The topological polar surface area (TPSA) is 144 Å². The van der Waals surface area contributed by atoms with E-state index in [4.69, 9.17) is 0 Å². The molecule has 0 aliphatic heterocycles. The molecule has 2 amide bonds. The van der Waals surface area contributed by atoms with Crippen LogP contribution in [0, 0.1) is 23.2 Å². The first-order chi connectivity index (χ1) is 15.2. The van der Waals surface area contributed by atoms with Gasteiger partial charge in [0.25, 0.3) is 5.91 Å². The smallest absolute Gasteiger partial charge is 0.267 e. The Kier molecular flexibility index (Phi) is 6.11. The minimum Gasteiger partial charge on any atom is -0.350 e. The number of fused-ring (bicyclic) bond motifs is 1. The van der Waals surface area contributed by atoms with Crippen LogP contribution in [0.2, 0.25) is 0 Å². The summed E-state index contributed by atoms with van der Waals surface area (Å²) in [5.41, 5.74) is 1.37. The lowest BCUT2D eigenvalue weighted by Crippen LogP contribution is -2.50. The second-order valence-electron chi connectivity index (χ2n) is 8.78. The van der Waals surface area contributed by atoms with Gasteiger partial charge in [0.15, 0.2) is 0 Å². The molecule has 10 heteroatoms. The molecule has 4 N–H and O–H groups in total. The summed E-state index contributed by atoms with van der Waals surface area (Å²) in [5, 5.41) is 16.0. The van der Waals surface area contributed by atoms with E-state index >= 15 is 0 Å². The molecule has 2 fully saturated rings. The van der Waals surface area contributed by atoms with E-state index < -0.39 is 16.1 Å². The number of carbonyl (C=O) groups excluding carboxylic acids is 2. The molecule has 2 aliphatic rings. The Labute approximate surface area is 187 Å². The molecule has 1 unspecified atom stereocenters. The van der Waals surface area contributed by atoms with Gasteiger partial charge in [-0.25, -0.2) is 8.42 Å². The van der Waals surface area contributed by atoms with Gasteiger partial charge in [-0.15, -0.1) is 0 Å². The summed E-state index contributed by atoms with van der Waals surface area (Å²) < 4.78 is 25.3. The van der Waals surface area contributed by atoms with Crippen molar-refractivity contribution in [1.82, 2.24) is 15.6 Å². The molecule has 0 bridgehead atoms. The zero-order valence-electron chi connectivity index (χ0n) is 17.8. The van der Waals surface area contributed by atoms with Gasteiger partial charge in [0.2, 0.25) is 15.9 Å². The van der Waals surface area contributed by atoms with E-state index in [2.05, 4.69) is 26.4 Å². The fraction of sp³-hybridized carbons (Fsp3) is 0.500. The molecule has 1 aromatic carbocycles. The third-order valence-corrected chi connectivity index (χ3v) is 6.73. The molecule has 1 heterocycles. The number of hydrogen-bond donors (Lipinski definition) is 4. The van der Waals surface area contributed by atoms with E-state index in [0.29, 0.717) is 29.7 Å². The third-order valence-electron chi connectivity index (χ3n) is 6.12. The summed E-state index contributed by atoms with van der Waals surface area (Å²) in [6, 6.07) is 8.11. The lowest BCUT2D eigenvalue weighted by Gasteiger charge is -2.31. The van der Waals surface area contributed by atoms with Gasteiger partial charge < -0.3 is 15.6 Å². The highest BCUT2D eigenvalue weighted by Crippen LogP contribution is 2.33. The van der Waals surface area contributed by atoms with Gasteiger partial charge in [-0.1, -0.05) is 18.9 Å². The van der Waals surface area contributed by atoms with Crippen LogP contribution in [0.3, 0.4) is 0 Å². The SMILES string of the molecule is CS(=O)(=O)Nc1ccc2cc(C(=O)N[C@H]3CCCC[C@H]3C(=O)NC(C#N)C3CC3)[nH]c2c1. The third kappa shape index (κ3) is 5.22. The van der Waals surface area contributed by atoms with Crippen LogP contribution in [0.1, 0.15) is 49.0 Å². The number of H-pyrrole nitrogens is 1. The Morgan fingerprint density at radius 3 is 2.59 bits per heavy atom. The molecule has 0 saturated heterocycles. The molecule has 9 nitrogen and oxygen atoms in total. The highest BCUT2D eigenvalue weighted by Gasteiger charge is 2.37. The molecule has 32 heavy (non-hydrogen) atoms. The van der Waals surface area contributed by atoms with Crippen molar-refractivity contribution >= 4 is 38.4 Å². The van der Waals surface area contributed by atoms with Crippen molar-refractivity contribution in [1.29, 1.82) is 5.26 Å². The van der Waals surface area contributed by atoms with Gasteiger partial charge in [0.05, 0.1) is 23.9 Å². The first-order valence-corrected chi connectivity index (χ1v) is 12.7. The Balaban J connectivity index is 1.45. The maximum atomic E-state index is 12.9. The fourth-order valence-electron chi connectivity index (χ4n) is 4.34. The summed E-state index contributed by atoms with van der Waals surface area (Å²) >= 11 is 0. The second-order valence-corrected chi connectivity index (χ2v) is 10.5. The number of benzene rings is 1. The summed E-state index contributed by atoms with van der Waals surface area (Å²) in [6.07, 6.45) is 6.21. The highest BCUT2D eigenvalue weighted by molar-refractivity contribution is 7.92.